The van der Waals surface area contributed by atoms with Crippen LogP contribution in [0.3, 0.4) is 0 Å². The Morgan fingerprint density at radius 1 is 1.08 bits per heavy atom. The third-order valence-electron chi connectivity index (χ3n) is 3.62. The highest BCUT2D eigenvalue weighted by molar-refractivity contribution is 5.93. The summed E-state index contributed by atoms with van der Waals surface area (Å²) in [6.07, 6.45) is 4.58. The van der Waals surface area contributed by atoms with Crippen molar-refractivity contribution in [3.63, 3.8) is 0 Å². The molecule has 0 saturated heterocycles. The number of aryl methyl sites for hydroxylation is 1. The highest BCUT2D eigenvalue weighted by Crippen LogP contribution is 2.09. The monoisotopic (exact) mass is 322 g/mol. The van der Waals surface area contributed by atoms with Crippen molar-refractivity contribution in [2.75, 3.05) is 5.32 Å². The van der Waals surface area contributed by atoms with Crippen LogP contribution in [0.5, 0.6) is 0 Å². The van der Waals surface area contributed by atoms with Crippen LogP contribution in [0.1, 0.15) is 27.2 Å². The molecular weight excluding hydrogens is 304 g/mol. The predicted octanol–water partition coefficient (Wildman–Crippen LogP) is 2.92. The molecule has 1 aromatic carbocycles. The fourth-order valence-electron chi connectivity index (χ4n) is 2.20. The molecule has 122 valence electrons. The zero-order valence-corrected chi connectivity index (χ0v) is 13.3. The first-order valence-corrected chi connectivity index (χ1v) is 7.63. The van der Waals surface area contributed by atoms with Gasteiger partial charge < -0.3 is 15.1 Å². The largest absolute Gasteiger partial charge is 0.467 e. The van der Waals surface area contributed by atoms with Crippen LogP contribution in [0.2, 0.25) is 0 Å². The second-order valence-electron chi connectivity index (χ2n) is 5.34. The van der Waals surface area contributed by atoms with Gasteiger partial charge in [0.25, 0.3) is 5.91 Å². The van der Waals surface area contributed by atoms with Crippen molar-refractivity contribution >= 4 is 11.9 Å². The van der Waals surface area contributed by atoms with Gasteiger partial charge in [0.15, 0.2) is 0 Å². The van der Waals surface area contributed by atoms with Gasteiger partial charge in [-0.05, 0) is 30.2 Å². The number of anilines is 1. The lowest BCUT2D eigenvalue weighted by Gasteiger charge is -2.08. The summed E-state index contributed by atoms with van der Waals surface area (Å²) in [4.78, 5) is 20.4. The Morgan fingerprint density at radius 2 is 1.88 bits per heavy atom. The number of amides is 1. The Morgan fingerprint density at radius 3 is 2.58 bits per heavy atom. The average molecular weight is 322 g/mol. The molecule has 0 saturated carbocycles. The second kappa shape index (κ2) is 7.41. The first kappa shape index (κ1) is 15.7. The number of rotatable bonds is 6. The molecule has 2 N–H and O–H groups in total. The molecule has 2 aromatic heterocycles. The van der Waals surface area contributed by atoms with E-state index in [0.717, 1.165) is 0 Å². The van der Waals surface area contributed by atoms with Gasteiger partial charge in [0.1, 0.15) is 5.76 Å². The molecule has 0 aliphatic heterocycles. The van der Waals surface area contributed by atoms with Gasteiger partial charge in [-0.1, -0.05) is 24.3 Å². The van der Waals surface area contributed by atoms with E-state index in [9.17, 15) is 4.79 Å². The minimum atomic E-state index is -0.239. The summed E-state index contributed by atoms with van der Waals surface area (Å²) >= 11 is 0. The maximum Gasteiger partial charge on any atom is 0.254 e. The third-order valence-corrected chi connectivity index (χ3v) is 3.62. The zero-order chi connectivity index (χ0) is 16.8. The van der Waals surface area contributed by atoms with E-state index in [0.29, 0.717) is 30.4 Å². The normalized spacial score (nSPS) is 10.4. The summed E-state index contributed by atoms with van der Waals surface area (Å²) in [5.41, 5.74) is 2.79. The number of hydrogen-bond acceptors (Lipinski definition) is 5. The fraction of sp³-hybridized carbons (Fsp3) is 0.167. The van der Waals surface area contributed by atoms with Gasteiger partial charge in [-0.15, -0.1) is 0 Å². The van der Waals surface area contributed by atoms with Crippen molar-refractivity contribution in [3.8, 4) is 0 Å². The summed E-state index contributed by atoms with van der Waals surface area (Å²) in [6.45, 7) is 3.03. The minimum Gasteiger partial charge on any atom is -0.467 e. The number of benzene rings is 1. The number of aromatic nitrogens is 2. The molecule has 24 heavy (non-hydrogen) atoms. The van der Waals surface area contributed by atoms with E-state index >= 15 is 0 Å². The van der Waals surface area contributed by atoms with Crippen molar-refractivity contribution < 1.29 is 9.21 Å². The summed E-state index contributed by atoms with van der Waals surface area (Å²) in [5.74, 6) is 0.943. The number of nitrogens with zero attached hydrogens (tertiary/aromatic N) is 2. The average Bonchev–Trinajstić information content (AvgIpc) is 3.13. The molecule has 6 nitrogen and oxygen atoms in total. The molecule has 0 radical (unpaired) electrons. The minimum absolute atomic E-state index is 0.239. The van der Waals surface area contributed by atoms with Crippen molar-refractivity contribution in [2.45, 2.75) is 20.0 Å². The fourth-order valence-corrected chi connectivity index (χ4v) is 2.20. The summed E-state index contributed by atoms with van der Waals surface area (Å²) in [5, 5.41) is 5.91. The van der Waals surface area contributed by atoms with Crippen molar-refractivity contribution in [1.82, 2.24) is 15.3 Å². The molecule has 0 unspecified atom stereocenters. The van der Waals surface area contributed by atoms with Gasteiger partial charge in [-0.2, -0.15) is 0 Å². The van der Waals surface area contributed by atoms with Crippen molar-refractivity contribution in [1.29, 1.82) is 0 Å². The number of carbonyl (C=O) groups excluding carboxylic acids is 1. The molecule has 6 heteroatoms. The quantitative estimate of drug-likeness (QED) is 0.729. The third kappa shape index (κ3) is 3.98. The van der Waals surface area contributed by atoms with Gasteiger partial charge in [0.05, 0.1) is 18.4 Å². The molecular formula is C18H18N4O2. The van der Waals surface area contributed by atoms with Gasteiger partial charge in [0.2, 0.25) is 5.95 Å². The van der Waals surface area contributed by atoms with Crippen LogP contribution in [0.25, 0.3) is 0 Å². The molecule has 0 fully saturated rings. The van der Waals surface area contributed by atoms with Gasteiger partial charge in [0, 0.05) is 18.9 Å². The van der Waals surface area contributed by atoms with Crippen LogP contribution in [0, 0.1) is 6.92 Å². The Hall–Kier alpha value is -3.15. The Kier molecular flexibility index (Phi) is 4.86. The molecule has 0 spiro atoms. The standard InChI is InChI=1S/C18H18N4O2/c1-13-5-2-3-6-14(13)9-20-18-21-10-15(11-22-18)17(23)19-12-16-7-4-8-24-16/h2-8,10-11H,9,12H2,1H3,(H,19,23)(H,20,21,22). The van der Waals surface area contributed by atoms with E-state index in [-0.39, 0.29) is 5.91 Å². The Balaban J connectivity index is 1.55. The SMILES string of the molecule is Cc1ccccc1CNc1ncc(C(=O)NCc2ccco2)cn1. The van der Waals surface area contributed by atoms with Crippen LogP contribution in [0.15, 0.2) is 59.5 Å². The summed E-state index contributed by atoms with van der Waals surface area (Å²) in [6, 6.07) is 11.7. The zero-order valence-electron chi connectivity index (χ0n) is 13.3. The molecule has 0 aliphatic carbocycles. The number of carbonyl (C=O) groups is 1. The maximum atomic E-state index is 12.0. The number of nitrogens with one attached hydrogen (secondary N) is 2. The predicted molar refractivity (Wildman–Crippen MR) is 90.4 cm³/mol. The Labute approximate surface area is 140 Å². The summed E-state index contributed by atoms with van der Waals surface area (Å²) < 4.78 is 5.17. The molecule has 0 atom stereocenters. The highest BCUT2D eigenvalue weighted by atomic mass is 16.3. The van der Waals surface area contributed by atoms with Crippen LogP contribution in [-0.4, -0.2) is 15.9 Å². The molecule has 1 amide bonds. The van der Waals surface area contributed by atoms with Gasteiger partial charge in [-0.3, -0.25) is 4.79 Å². The van der Waals surface area contributed by atoms with E-state index in [1.807, 2.05) is 12.1 Å². The lowest BCUT2D eigenvalue weighted by Crippen LogP contribution is -2.23. The van der Waals surface area contributed by atoms with E-state index in [2.05, 4.69) is 39.7 Å². The molecule has 3 rings (SSSR count). The van der Waals surface area contributed by atoms with Crippen LogP contribution in [0.4, 0.5) is 5.95 Å². The van der Waals surface area contributed by atoms with Gasteiger partial charge in [-0.25, -0.2) is 9.97 Å². The molecule has 0 bridgehead atoms. The Bertz CT molecular complexity index is 798. The molecule has 2 heterocycles. The van der Waals surface area contributed by atoms with Gasteiger partial charge >= 0.3 is 0 Å². The number of hydrogen-bond donors (Lipinski definition) is 2. The molecule has 3 aromatic rings. The van der Waals surface area contributed by atoms with E-state index < -0.39 is 0 Å². The molecule has 0 aliphatic rings. The van der Waals surface area contributed by atoms with Crippen molar-refractivity contribution in [2.24, 2.45) is 0 Å². The van der Waals surface area contributed by atoms with E-state index in [1.165, 1.54) is 23.5 Å². The topological polar surface area (TPSA) is 80.0 Å². The van der Waals surface area contributed by atoms with Crippen molar-refractivity contribution in [3.05, 3.63) is 77.5 Å². The lowest BCUT2D eigenvalue weighted by atomic mass is 10.1. The lowest BCUT2D eigenvalue weighted by molar-refractivity contribution is 0.0947. The number of furan rings is 1. The second-order valence-corrected chi connectivity index (χ2v) is 5.34. The van der Waals surface area contributed by atoms with Crippen LogP contribution >= 0.6 is 0 Å². The smallest absolute Gasteiger partial charge is 0.254 e. The maximum absolute atomic E-state index is 12.0. The van der Waals surface area contributed by atoms with E-state index in [4.69, 9.17) is 4.42 Å². The van der Waals surface area contributed by atoms with Crippen LogP contribution in [-0.2, 0) is 13.1 Å². The van der Waals surface area contributed by atoms with E-state index in [1.54, 1.807) is 18.4 Å². The summed E-state index contributed by atoms with van der Waals surface area (Å²) in [7, 11) is 0. The van der Waals surface area contributed by atoms with Crippen LogP contribution < -0.4 is 10.6 Å². The first-order valence-electron chi connectivity index (χ1n) is 7.63. The highest BCUT2D eigenvalue weighted by Gasteiger charge is 2.08. The first-order chi connectivity index (χ1) is 11.7.